The van der Waals surface area contributed by atoms with Crippen LogP contribution in [0.4, 0.5) is 5.69 Å². The van der Waals surface area contributed by atoms with Crippen molar-refractivity contribution in [2.45, 2.75) is 25.5 Å². The van der Waals surface area contributed by atoms with Crippen molar-refractivity contribution in [1.82, 2.24) is 5.32 Å². The molecule has 0 bridgehead atoms. The van der Waals surface area contributed by atoms with Crippen LogP contribution in [0.25, 0.3) is 0 Å². The average Bonchev–Trinajstić information content (AvgIpc) is 2.78. The van der Waals surface area contributed by atoms with Gasteiger partial charge in [-0.1, -0.05) is 12.1 Å². The van der Waals surface area contributed by atoms with E-state index in [9.17, 15) is 15.2 Å². The Balaban J connectivity index is 1.92. The number of nitrogens with zero attached hydrogens (tertiary/aromatic N) is 1. The van der Waals surface area contributed by atoms with E-state index >= 15 is 0 Å². The lowest BCUT2D eigenvalue weighted by Crippen LogP contribution is -2.40. The van der Waals surface area contributed by atoms with Crippen molar-refractivity contribution >= 4 is 5.69 Å². The number of hydrogen-bond acceptors (Lipinski definition) is 5. The molecule has 1 atom stereocenters. The van der Waals surface area contributed by atoms with Gasteiger partial charge in [0.25, 0.3) is 5.69 Å². The van der Waals surface area contributed by atoms with Gasteiger partial charge in [0, 0.05) is 37.7 Å². The van der Waals surface area contributed by atoms with Crippen LogP contribution in [0.3, 0.4) is 0 Å². The highest BCUT2D eigenvalue weighted by Crippen LogP contribution is 2.20. The maximum Gasteiger partial charge on any atom is 0.272 e. The number of aliphatic hydroxyl groups is 1. The van der Waals surface area contributed by atoms with E-state index in [1.165, 1.54) is 0 Å². The Labute approximate surface area is 111 Å². The minimum absolute atomic E-state index is 0.127. The Kier molecular flexibility index (Phi) is 4.14. The third kappa shape index (κ3) is 3.50. The summed E-state index contributed by atoms with van der Waals surface area (Å²) in [5.41, 5.74) is 0.801. The molecule has 6 heteroatoms. The van der Waals surface area contributed by atoms with Crippen molar-refractivity contribution in [3.05, 3.63) is 39.4 Å². The smallest absolute Gasteiger partial charge is 0.272 e. The fraction of sp³-hybridized carbons (Fsp3) is 0.538. The maximum atomic E-state index is 10.8. The third-order valence-electron chi connectivity index (χ3n) is 3.34. The fourth-order valence-corrected chi connectivity index (χ4v) is 2.14. The molecule has 0 spiro atoms. The maximum absolute atomic E-state index is 10.8. The molecule has 1 heterocycles. The summed E-state index contributed by atoms with van der Waals surface area (Å²) in [4.78, 5) is 10.5. The minimum Gasteiger partial charge on any atom is -0.386 e. The summed E-state index contributed by atoms with van der Waals surface area (Å²) in [5.74, 6) is 0. The number of aryl methyl sites for hydroxylation is 1. The van der Waals surface area contributed by atoms with E-state index < -0.39 is 5.60 Å². The number of nitro groups is 1. The first-order chi connectivity index (χ1) is 9.00. The van der Waals surface area contributed by atoms with Gasteiger partial charge in [0.1, 0.15) is 5.60 Å². The molecule has 6 nitrogen and oxygen atoms in total. The molecule has 1 aromatic carbocycles. The van der Waals surface area contributed by atoms with Crippen LogP contribution < -0.4 is 5.32 Å². The summed E-state index contributed by atoms with van der Waals surface area (Å²) >= 11 is 0. The number of nitrogens with one attached hydrogen (secondary N) is 1. The lowest BCUT2D eigenvalue weighted by atomic mass is 10.0. The van der Waals surface area contributed by atoms with Gasteiger partial charge in [-0.05, 0) is 12.5 Å². The van der Waals surface area contributed by atoms with Crippen LogP contribution in [-0.2, 0) is 11.3 Å². The van der Waals surface area contributed by atoms with E-state index in [-0.39, 0.29) is 10.6 Å². The topological polar surface area (TPSA) is 84.6 Å². The molecule has 2 N–H and O–H groups in total. The first kappa shape index (κ1) is 13.9. The molecule has 1 aliphatic heterocycles. The van der Waals surface area contributed by atoms with Crippen molar-refractivity contribution in [1.29, 1.82) is 0 Å². The van der Waals surface area contributed by atoms with Gasteiger partial charge in [-0.2, -0.15) is 0 Å². The van der Waals surface area contributed by atoms with E-state index in [4.69, 9.17) is 4.74 Å². The Morgan fingerprint density at radius 3 is 3.00 bits per heavy atom. The number of rotatable bonds is 5. The molecule has 1 aliphatic rings. The fourth-order valence-electron chi connectivity index (χ4n) is 2.14. The van der Waals surface area contributed by atoms with Gasteiger partial charge in [0.05, 0.1) is 11.5 Å². The first-order valence-corrected chi connectivity index (χ1v) is 6.25. The van der Waals surface area contributed by atoms with Crippen molar-refractivity contribution < 1.29 is 14.8 Å². The highest BCUT2D eigenvalue weighted by Gasteiger charge is 2.31. The van der Waals surface area contributed by atoms with E-state index in [0.717, 1.165) is 5.56 Å². The molecule has 2 rings (SSSR count). The third-order valence-corrected chi connectivity index (χ3v) is 3.34. The van der Waals surface area contributed by atoms with Crippen LogP contribution in [-0.4, -0.2) is 35.4 Å². The Hall–Kier alpha value is -1.50. The molecule has 104 valence electrons. The van der Waals surface area contributed by atoms with E-state index in [2.05, 4.69) is 5.32 Å². The van der Waals surface area contributed by atoms with Gasteiger partial charge in [0.2, 0.25) is 0 Å². The standard InChI is InChI=1S/C13H18N2O4/c1-10-2-3-11(6-12(10)15(17)18)7-14-8-13(16)4-5-19-9-13/h2-3,6,14,16H,4-5,7-9H2,1H3. The molecule has 1 saturated heterocycles. The van der Waals surface area contributed by atoms with Crippen molar-refractivity contribution in [2.75, 3.05) is 19.8 Å². The van der Waals surface area contributed by atoms with Crippen molar-refractivity contribution in [3.63, 3.8) is 0 Å². The molecular weight excluding hydrogens is 248 g/mol. The molecule has 0 radical (unpaired) electrons. The number of ether oxygens (including phenoxy) is 1. The summed E-state index contributed by atoms with van der Waals surface area (Å²) in [6.07, 6.45) is 0.619. The number of nitro benzene ring substituents is 1. The second-order valence-electron chi connectivity index (χ2n) is 5.01. The predicted octanol–water partition coefficient (Wildman–Crippen LogP) is 1.14. The molecule has 1 unspecified atom stereocenters. The summed E-state index contributed by atoms with van der Waals surface area (Å²) in [6, 6.07) is 5.16. The Morgan fingerprint density at radius 1 is 1.58 bits per heavy atom. The molecule has 1 aromatic rings. The van der Waals surface area contributed by atoms with Crippen LogP contribution in [0.1, 0.15) is 17.5 Å². The molecule has 1 fully saturated rings. The molecule has 19 heavy (non-hydrogen) atoms. The normalized spacial score (nSPS) is 22.6. The summed E-state index contributed by atoms with van der Waals surface area (Å²) in [6.45, 7) is 3.55. The second kappa shape index (κ2) is 5.64. The van der Waals surface area contributed by atoms with Gasteiger partial charge in [-0.25, -0.2) is 0 Å². The number of hydrogen-bond donors (Lipinski definition) is 2. The molecule has 0 aromatic heterocycles. The van der Waals surface area contributed by atoms with E-state index in [0.29, 0.717) is 38.3 Å². The van der Waals surface area contributed by atoms with Gasteiger partial charge in [-0.15, -0.1) is 0 Å². The van der Waals surface area contributed by atoms with Crippen LogP contribution in [0.2, 0.25) is 0 Å². The Morgan fingerprint density at radius 2 is 2.37 bits per heavy atom. The average molecular weight is 266 g/mol. The van der Waals surface area contributed by atoms with Gasteiger partial charge in [-0.3, -0.25) is 10.1 Å². The van der Waals surface area contributed by atoms with E-state index in [1.54, 1.807) is 19.1 Å². The molecule has 0 saturated carbocycles. The van der Waals surface area contributed by atoms with E-state index in [1.807, 2.05) is 6.07 Å². The van der Waals surface area contributed by atoms with Gasteiger partial charge < -0.3 is 15.2 Å². The Bertz CT molecular complexity index is 470. The zero-order valence-electron chi connectivity index (χ0n) is 10.9. The predicted molar refractivity (Wildman–Crippen MR) is 69.9 cm³/mol. The SMILES string of the molecule is Cc1ccc(CNCC2(O)CCOC2)cc1[N+](=O)[O-]. The molecular formula is C13H18N2O4. The lowest BCUT2D eigenvalue weighted by Gasteiger charge is -2.20. The van der Waals surface area contributed by atoms with Gasteiger partial charge >= 0.3 is 0 Å². The van der Waals surface area contributed by atoms with Crippen LogP contribution in [0.15, 0.2) is 18.2 Å². The zero-order chi connectivity index (χ0) is 13.9. The summed E-state index contributed by atoms with van der Waals surface area (Å²) in [5, 5.41) is 24.0. The molecule has 0 amide bonds. The quantitative estimate of drug-likeness (QED) is 0.616. The summed E-state index contributed by atoms with van der Waals surface area (Å²) in [7, 11) is 0. The van der Waals surface area contributed by atoms with Crippen molar-refractivity contribution in [2.24, 2.45) is 0 Å². The zero-order valence-corrected chi connectivity index (χ0v) is 10.9. The lowest BCUT2D eigenvalue weighted by molar-refractivity contribution is -0.385. The largest absolute Gasteiger partial charge is 0.386 e. The highest BCUT2D eigenvalue weighted by atomic mass is 16.6. The van der Waals surface area contributed by atoms with Crippen LogP contribution in [0, 0.1) is 17.0 Å². The van der Waals surface area contributed by atoms with Crippen LogP contribution in [0.5, 0.6) is 0 Å². The van der Waals surface area contributed by atoms with Crippen LogP contribution >= 0.6 is 0 Å². The molecule has 0 aliphatic carbocycles. The summed E-state index contributed by atoms with van der Waals surface area (Å²) < 4.78 is 5.15. The monoisotopic (exact) mass is 266 g/mol. The highest BCUT2D eigenvalue weighted by molar-refractivity contribution is 5.42. The second-order valence-corrected chi connectivity index (χ2v) is 5.01. The first-order valence-electron chi connectivity index (χ1n) is 6.25. The minimum atomic E-state index is -0.809. The number of benzene rings is 1. The van der Waals surface area contributed by atoms with Crippen molar-refractivity contribution in [3.8, 4) is 0 Å². The van der Waals surface area contributed by atoms with Gasteiger partial charge in [0.15, 0.2) is 0 Å².